The minimum Gasteiger partial charge on any atom is -0.508 e. The molecular formula is C16H18N2O3S. The van der Waals surface area contributed by atoms with Crippen LogP contribution in [0.1, 0.15) is 40.2 Å². The SMILES string of the molecule is CCc1c(C(=O)NN=C(C)c2cc(O)cc(O)c2)csc1C. The normalized spacial score (nSPS) is 11.5. The van der Waals surface area contributed by atoms with Crippen molar-refractivity contribution < 1.29 is 15.0 Å². The molecular weight excluding hydrogens is 300 g/mol. The molecule has 0 aliphatic heterocycles. The predicted molar refractivity (Wildman–Crippen MR) is 87.9 cm³/mol. The first kappa shape index (κ1) is 16.0. The van der Waals surface area contributed by atoms with E-state index in [1.165, 1.54) is 18.2 Å². The molecule has 0 aliphatic carbocycles. The van der Waals surface area contributed by atoms with Crippen LogP contribution in [0.3, 0.4) is 0 Å². The zero-order valence-corrected chi connectivity index (χ0v) is 13.5. The molecule has 0 spiro atoms. The van der Waals surface area contributed by atoms with Crippen molar-refractivity contribution in [2.24, 2.45) is 5.10 Å². The first-order valence-corrected chi connectivity index (χ1v) is 7.75. The molecule has 0 aliphatic rings. The smallest absolute Gasteiger partial charge is 0.272 e. The molecule has 1 aromatic heterocycles. The summed E-state index contributed by atoms with van der Waals surface area (Å²) < 4.78 is 0. The Labute approximate surface area is 132 Å². The number of phenolic OH excluding ortho intramolecular Hbond substituents is 2. The molecule has 0 saturated heterocycles. The van der Waals surface area contributed by atoms with Crippen LogP contribution < -0.4 is 5.43 Å². The Balaban J connectivity index is 2.18. The second-order valence-corrected chi connectivity index (χ2v) is 6.00. The summed E-state index contributed by atoms with van der Waals surface area (Å²) in [6.45, 7) is 5.69. The average molecular weight is 318 g/mol. The maximum absolute atomic E-state index is 12.2. The highest BCUT2D eigenvalue weighted by Gasteiger charge is 2.14. The molecule has 5 nitrogen and oxygen atoms in total. The van der Waals surface area contributed by atoms with Crippen molar-refractivity contribution >= 4 is 23.0 Å². The monoisotopic (exact) mass is 318 g/mol. The molecule has 6 heteroatoms. The lowest BCUT2D eigenvalue weighted by atomic mass is 10.1. The van der Waals surface area contributed by atoms with Crippen LogP contribution in [0.2, 0.25) is 0 Å². The Bertz CT molecular complexity index is 715. The van der Waals surface area contributed by atoms with Gasteiger partial charge in [-0.2, -0.15) is 5.10 Å². The summed E-state index contributed by atoms with van der Waals surface area (Å²) in [6.07, 6.45) is 0.793. The van der Waals surface area contributed by atoms with E-state index >= 15 is 0 Å². The maximum Gasteiger partial charge on any atom is 0.272 e. The standard InChI is InChI=1S/C16H18N2O3S/c1-4-14-10(3)22-8-15(14)16(21)18-17-9(2)11-5-12(19)7-13(20)6-11/h5-8,19-20H,4H2,1-3H3,(H,18,21). The summed E-state index contributed by atoms with van der Waals surface area (Å²) in [5.41, 5.74) is 5.22. The minimum atomic E-state index is -0.259. The van der Waals surface area contributed by atoms with E-state index in [0.29, 0.717) is 16.8 Å². The van der Waals surface area contributed by atoms with Gasteiger partial charge < -0.3 is 10.2 Å². The lowest BCUT2D eigenvalue weighted by molar-refractivity contribution is 0.0954. The molecule has 0 bridgehead atoms. The van der Waals surface area contributed by atoms with E-state index in [-0.39, 0.29) is 17.4 Å². The van der Waals surface area contributed by atoms with Crippen molar-refractivity contribution in [1.82, 2.24) is 5.43 Å². The number of benzene rings is 1. The number of aryl methyl sites for hydroxylation is 1. The van der Waals surface area contributed by atoms with Gasteiger partial charge in [0.2, 0.25) is 0 Å². The average Bonchev–Trinajstić information content (AvgIpc) is 2.84. The topological polar surface area (TPSA) is 81.9 Å². The third kappa shape index (κ3) is 3.46. The Morgan fingerprint density at radius 3 is 2.50 bits per heavy atom. The van der Waals surface area contributed by atoms with Crippen molar-refractivity contribution in [3.05, 3.63) is 45.1 Å². The molecule has 0 atom stereocenters. The van der Waals surface area contributed by atoms with E-state index < -0.39 is 0 Å². The van der Waals surface area contributed by atoms with Crippen LogP contribution in [0.25, 0.3) is 0 Å². The van der Waals surface area contributed by atoms with Crippen LogP contribution in [-0.2, 0) is 6.42 Å². The second-order valence-electron chi connectivity index (χ2n) is 4.91. The molecule has 1 amide bonds. The second kappa shape index (κ2) is 6.62. The van der Waals surface area contributed by atoms with Crippen LogP contribution in [0.4, 0.5) is 0 Å². The molecule has 116 valence electrons. The third-order valence-electron chi connectivity index (χ3n) is 3.35. The number of rotatable bonds is 4. The van der Waals surface area contributed by atoms with Crippen LogP contribution >= 0.6 is 11.3 Å². The van der Waals surface area contributed by atoms with Gasteiger partial charge in [-0.05, 0) is 38.0 Å². The van der Waals surface area contributed by atoms with Crippen LogP contribution in [0.15, 0.2) is 28.7 Å². The number of aromatic hydroxyl groups is 2. The quantitative estimate of drug-likeness (QED) is 0.598. The molecule has 0 radical (unpaired) electrons. The van der Waals surface area contributed by atoms with Gasteiger partial charge in [0.1, 0.15) is 11.5 Å². The number of phenols is 2. The number of carbonyl (C=O) groups is 1. The van der Waals surface area contributed by atoms with Gasteiger partial charge in [-0.3, -0.25) is 4.79 Å². The van der Waals surface area contributed by atoms with E-state index in [0.717, 1.165) is 16.9 Å². The van der Waals surface area contributed by atoms with Crippen LogP contribution in [0, 0.1) is 6.92 Å². The van der Waals surface area contributed by atoms with E-state index in [4.69, 9.17) is 0 Å². The largest absolute Gasteiger partial charge is 0.508 e. The first-order chi connectivity index (χ1) is 10.4. The van der Waals surface area contributed by atoms with Gasteiger partial charge in [-0.1, -0.05) is 6.92 Å². The fourth-order valence-corrected chi connectivity index (χ4v) is 3.11. The molecule has 0 unspecified atom stereocenters. The summed E-state index contributed by atoms with van der Waals surface area (Å²) in [7, 11) is 0. The highest BCUT2D eigenvalue weighted by atomic mass is 32.1. The molecule has 0 fully saturated rings. The first-order valence-electron chi connectivity index (χ1n) is 6.87. The highest BCUT2D eigenvalue weighted by molar-refractivity contribution is 7.10. The molecule has 22 heavy (non-hydrogen) atoms. The molecule has 2 rings (SSSR count). The minimum absolute atomic E-state index is 0.0578. The van der Waals surface area contributed by atoms with Gasteiger partial charge >= 0.3 is 0 Å². The Morgan fingerprint density at radius 1 is 1.27 bits per heavy atom. The predicted octanol–water partition coefficient (Wildman–Crippen LogP) is 3.18. The highest BCUT2D eigenvalue weighted by Crippen LogP contribution is 2.23. The van der Waals surface area contributed by atoms with Gasteiger partial charge in [0, 0.05) is 21.9 Å². The summed E-state index contributed by atoms with van der Waals surface area (Å²) in [4.78, 5) is 13.3. The Hall–Kier alpha value is -2.34. The van der Waals surface area contributed by atoms with Crippen molar-refractivity contribution in [3.8, 4) is 11.5 Å². The lowest BCUT2D eigenvalue weighted by Gasteiger charge is -2.05. The fraction of sp³-hybridized carbons (Fsp3) is 0.250. The Morgan fingerprint density at radius 2 is 1.91 bits per heavy atom. The molecule has 1 aromatic carbocycles. The fourth-order valence-electron chi connectivity index (χ4n) is 2.17. The van der Waals surface area contributed by atoms with Crippen molar-refractivity contribution in [2.75, 3.05) is 0 Å². The van der Waals surface area contributed by atoms with Gasteiger partial charge in [0.15, 0.2) is 0 Å². The summed E-state index contributed by atoms with van der Waals surface area (Å²) in [5, 5.41) is 24.8. The zero-order chi connectivity index (χ0) is 16.3. The summed E-state index contributed by atoms with van der Waals surface area (Å²) in [5.74, 6) is -0.375. The number of thiophene rings is 1. The number of amides is 1. The van der Waals surface area contributed by atoms with Gasteiger partial charge in [-0.15, -0.1) is 11.3 Å². The van der Waals surface area contributed by atoms with Gasteiger partial charge in [0.25, 0.3) is 5.91 Å². The number of hydrazone groups is 1. The number of carbonyl (C=O) groups excluding carboxylic acids is 1. The van der Waals surface area contributed by atoms with Crippen molar-refractivity contribution in [1.29, 1.82) is 0 Å². The van der Waals surface area contributed by atoms with E-state index in [1.54, 1.807) is 18.3 Å². The number of nitrogens with zero attached hydrogens (tertiary/aromatic N) is 1. The number of hydrogen-bond acceptors (Lipinski definition) is 5. The Kier molecular flexibility index (Phi) is 4.82. The van der Waals surface area contributed by atoms with Gasteiger partial charge in [-0.25, -0.2) is 5.43 Å². The third-order valence-corrected chi connectivity index (χ3v) is 4.30. The van der Waals surface area contributed by atoms with E-state index in [9.17, 15) is 15.0 Å². The molecule has 3 N–H and O–H groups in total. The lowest BCUT2D eigenvalue weighted by Crippen LogP contribution is -2.20. The van der Waals surface area contributed by atoms with Crippen molar-refractivity contribution in [2.45, 2.75) is 27.2 Å². The van der Waals surface area contributed by atoms with E-state index in [2.05, 4.69) is 10.5 Å². The van der Waals surface area contributed by atoms with Crippen molar-refractivity contribution in [3.63, 3.8) is 0 Å². The maximum atomic E-state index is 12.2. The zero-order valence-electron chi connectivity index (χ0n) is 12.7. The summed E-state index contributed by atoms with van der Waals surface area (Å²) >= 11 is 1.54. The van der Waals surface area contributed by atoms with E-state index in [1.807, 2.05) is 19.2 Å². The van der Waals surface area contributed by atoms with Crippen LogP contribution in [-0.4, -0.2) is 21.8 Å². The van der Waals surface area contributed by atoms with Crippen LogP contribution in [0.5, 0.6) is 11.5 Å². The molecule has 2 aromatic rings. The molecule has 0 saturated carbocycles. The molecule has 1 heterocycles. The van der Waals surface area contributed by atoms with Gasteiger partial charge in [0.05, 0.1) is 11.3 Å². The number of nitrogens with one attached hydrogen (secondary N) is 1. The summed E-state index contributed by atoms with van der Waals surface area (Å²) in [6, 6.07) is 4.17. The number of hydrogen-bond donors (Lipinski definition) is 3.